The van der Waals surface area contributed by atoms with Gasteiger partial charge in [-0.05, 0) is 18.9 Å². The van der Waals surface area contributed by atoms with Gasteiger partial charge in [-0.15, -0.1) is 0 Å². The number of pyridine rings is 1. The second kappa shape index (κ2) is 6.59. The van der Waals surface area contributed by atoms with E-state index < -0.39 is 0 Å². The minimum atomic E-state index is 0.162. The minimum Gasteiger partial charge on any atom is -0.481 e. The Balaban J connectivity index is 2.16. The fourth-order valence-corrected chi connectivity index (χ4v) is 2.66. The summed E-state index contributed by atoms with van der Waals surface area (Å²) in [6, 6.07) is 6.30. The predicted octanol–water partition coefficient (Wildman–Crippen LogP) is 2.22. The van der Waals surface area contributed by atoms with Crippen molar-refractivity contribution in [3.8, 4) is 5.88 Å². The zero-order valence-corrected chi connectivity index (χ0v) is 11.0. The summed E-state index contributed by atoms with van der Waals surface area (Å²) >= 11 is 0. The van der Waals surface area contributed by atoms with Gasteiger partial charge >= 0.3 is 0 Å². The number of rotatable bonds is 5. The van der Waals surface area contributed by atoms with Gasteiger partial charge in [-0.3, -0.25) is 0 Å². The standard InChI is InChI=1S/C14H22N2O2/c1-18-14-9-5-8-13(15-14)16(10-11-17)12-6-3-2-4-7-12/h5,8-9,12,17H,2-4,6-7,10-11H2,1H3. The van der Waals surface area contributed by atoms with E-state index in [4.69, 9.17) is 4.74 Å². The molecule has 1 saturated carbocycles. The average Bonchev–Trinajstić information content (AvgIpc) is 2.46. The zero-order valence-electron chi connectivity index (χ0n) is 11.0. The van der Waals surface area contributed by atoms with Gasteiger partial charge in [-0.25, -0.2) is 0 Å². The van der Waals surface area contributed by atoms with E-state index in [1.165, 1.54) is 32.1 Å². The minimum absolute atomic E-state index is 0.162. The van der Waals surface area contributed by atoms with E-state index in [0.717, 1.165) is 5.82 Å². The summed E-state index contributed by atoms with van der Waals surface area (Å²) in [5.74, 6) is 1.54. The van der Waals surface area contributed by atoms with Crippen LogP contribution >= 0.6 is 0 Å². The molecule has 1 heterocycles. The molecule has 0 aromatic carbocycles. The van der Waals surface area contributed by atoms with Crippen LogP contribution in [0.2, 0.25) is 0 Å². The third kappa shape index (κ3) is 3.13. The van der Waals surface area contributed by atoms with Crippen molar-refractivity contribution < 1.29 is 9.84 Å². The Morgan fingerprint density at radius 1 is 1.33 bits per heavy atom. The van der Waals surface area contributed by atoms with Gasteiger partial charge in [0.1, 0.15) is 5.82 Å². The van der Waals surface area contributed by atoms with Crippen LogP contribution in [0.4, 0.5) is 5.82 Å². The maximum atomic E-state index is 9.25. The monoisotopic (exact) mass is 250 g/mol. The van der Waals surface area contributed by atoms with Crippen molar-refractivity contribution in [3.05, 3.63) is 18.2 Å². The van der Waals surface area contributed by atoms with E-state index >= 15 is 0 Å². The molecule has 4 nitrogen and oxygen atoms in total. The van der Waals surface area contributed by atoms with Gasteiger partial charge in [-0.1, -0.05) is 25.3 Å². The van der Waals surface area contributed by atoms with E-state index in [2.05, 4.69) is 9.88 Å². The van der Waals surface area contributed by atoms with Crippen molar-refractivity contribution >= 4 is 5.82 Å². The number of aliphatic hydroxyl groups excluding tert-OH is 1. The molecule has 1 N–H and O–H groups in total. The van der Waals surface area contributed by atoms with Crippen molar-refractivity contribution in [1.29, 1.82) is 0 Å². The Kier molecular flexibility index (Phi) is 4.81. The largest absolute Gasteiger partial charge is 0.481 e. The maximum absolute atomic E-state index is 9.25. The molecule has 0 unspecified atom stereocenters. The molecule has 4 heteroatoms. The van der Waals surface area contributed by atoms with Crippen LogP contribution in [0.15, 0.2) is 18.2 Å². The summed E-state index contributed by atoms with van der Waals surface area (Å²) < 4.78 is 5.17. The fourth-order valence-electron chi connectivity index (χ4n) is 2.66. The van der Waals surface area contributed by atoms with Crippen LogP contribution < -0.4 is 9.64 Å². The zero-order chi connectivity index (χ0) is 12.8. The molecular weight excluding hydrogens is 228 g/mol. The number of methoxy groups -OCH3 is 1. The number of anilines is 1. The number of hydrogen-bond donors (Lipinski definition) is 1. The Labute approximate surface area is 109 Å². The van der Waals surface area contributed by atoms with Gasteiger partial charge in [0, 0.05) is 18.7 Å². The highest BCUT2D eigenvalue weighted by atomic mass is 16.5. The third-order valence-electron chi connectivity index (χ3n) is 3.57. The quantitative estimate of drug-likeness (QED) is 0.870. The first-order valence-corrected chi connectivity index (χ1v) is 6.73. The molecule has 18 heavy (non-hydrogen) atoms. The number of nitrogens with zero attached hydrogens (tertiary/aromatic N) is 2. The third-order valence-corrected chi connectivity index (χ3v) is 3.57. The Bertz CT molecular complexity index is 365. The summed E-state index contributed by atoms with van der Waals surface area (Å²) in [6.45, 7) is 0.806. The molecule has 0 bridgehead atoms. The predicted molar refractivity (Wildman–Crippen MR) is 72.1 cm³/mol. The number of aromatic nitrogens is 1. The van der Waals surface area contributed by atoms with Gasteiger partial charge < -0.3 is 14.7 Å². The molecule has 0 spiro atoms. The lowest BCUT2D eigenvalue weighted by Crippen LogP contribution is -2.39. The number of aliphatic hydroxyl groups is 1. The number of hydrogen-bond acceptors (Lipinski definition) is 4. The second-order valence-corrected chi connectivity index (χ2v) is 4.75. The van der Waals surface area contributed by atoms with Crippen molar-refractivity contribution in [2.24, 2.45) is 0 Å². The van der Waals surface area contributed by atoms with E-state index in [1.54, 1.807) is 7.11 Å². The van der Waals surface area contributed by atoms with E-state index in [9.17, 15) is 5.11 Å². The molecule has 100 valence electrons. The van der Waals surface area contributed by atoms with Crippen molar-refractivity contribution in [3.63, 3.8) is 0 Å². The molecule has 1 fully saturated rings. The first-order chi connectivity index (χ1) is 8.85. The Morgan fingerprint density at radius 3 is 2.78 bits per heavy atom. The van der Waals surface area contributed by atoms with Crippen molar-refractivity contribution in [2.75, 3.05) is 25.2 Å². The SMILES string of the molecule is COc1cccc(N(CCO)C2CCCCC2)n1. The van der Waals surface area contributed by atoms with Crippen molar-refractivity contribution in [2.45, 2.75) is 38.1 Å². The van der Waals surface area contributed by atoms with Crippen LogP contribution in [0.25, 0.3) is 0 Å². The van der Waals surface area contributed by atoms with E-state index in [-0.39, 0.29) is 6.61 Å². The second-order valence-electron chi connectivity index (χ2n) is 4.75. The molecule has 1 aromatic heterocycles. The maximum Gasteiger partial charge on any atom is 0.214 e. The molecule has 2 rings (SSSR count). The first-order valence-electron chi connectivity index (χ1n) is 6.73. The van der Waals surface area contributed by atoms with Crippen LogP contribution in [-0.2, 0) is 0 Å². The molecular formula is C14H22N2O2. The summed E-state index contributed by atoms with van der Waals surface area (Å²) in [7, 11) is 1.63. The molecule has 0 amide bonds. The summed E-state index contributed by atoms with van der Waals surface area (Å²) in [5, 5.41) is 9.25. The normalized spacial score (nSPS) is 16.6. The van der Waals surface area contributed by atoms with Gasteiger partial charge in [-0.2, -0.15) is 4.98 Å². The van der Waals surface area contributed by atoms with Crippen LogP contribution in [0.1, 0.15) is 32.1 Å². The highest BCUT2D eigenvalue weighted by molar-refractivity contribution is 5.42. The summed E-state index contributed by atoms with van der Waals surface area (Å²) in [6.07, 6.45) is 6.26. The van der Waals surface area contributed by atoms with E-state index in [0.29, 0.717) is 18.5 Å². The molecule has 0 aliphatic heterocycles. The molecule has 1 aliphatic rings. The topological polar surface area (TPSA) is 45.6 Å². The lowest BCUT2D eigenvalue weighted by Gasteiger charge is -2.35. The smallest absolute Gasteiger partial charge is 0.214 e. The molecule has 0 radical (unpaired) electrons. The number of ether oxygens (including phenoxy) is 1. The molecule has 0 atom stereocenters. The highest BCUT2D eigenvalue weighted by Crippen LogP contribution is 2.26. The van der Waals surface area contributed by atoms with Gasteiger partial charge in [0.25, 0.3) is 0 Å². The molecule has 0 saturated heterocycles. The van der Waals surface area contributed by atoms with Gasteiger partial charge in [0.2, 0.25) is 5.88 Å². The Morgan fingerprint density at radius 2 is 2.11 bits per heavy atom. The van der Waals surface area contributed by atoms with Crippen molar-refractivity contribution in [1.82, 2.24) is 4.98 Å². The first kappa shape index (κ1) is 13.1. The lowest BCUT2D eigenvalue weighted by atomic mass is 9.94. The molecule has 1 aliphatic carbocycles. The van der Waals surface area contributed by atoms with E-state index in [1.807, 2.05) is 18.2 Å². The lowest BCUT2D eigenvalue weighted by molar-refractivity contribution is 0.289. The fraction of sp³-hybridized carbons (Fsp3) is 0.643. The highest BCUT2D eigenvalue weighted by Gasteiger charge is 2.22. The summed E-state index contributed by atoms with van der Waals surface area (Å²) in [4.78, 5) is 6.70. The Hall–Kier alpha value is -1.29. The average molecular weight is 250 g/mol. The van der Waals surface area contributed by atoms with Gasteiger partial charge in [0.05, 0.1) is 13.7 Å². The molecule has 1 aromatic rings. The van der Waals surface area contributed by atoms with Gasteiger partial charge in [0.15, 0.2) is 0 Å². The van der Waals surface area contributed by atoms with Crippen LogP contribution in [0, 0.1) is 0 Å². The summed E-state index contributed by atoms with van der Waals surface area (Å²) in [5.41, 5.74) is 0. The van der Waals surface area contributed by atoms with Crippen LogP contribution in [0.5, 0.6) is 5.88 Å². The van der Waals surface area contributed by atoms with Crippen LogP contribution in [0.3, 0.4) is 0 Å². The van der Waals surface area contributed by atoms with Crippen LogP contribution in [-0.4, -0.2) is 36.4 Å².